The summed E-state index contributed by atoms with van der Waals surface area (Å²) in [7, 11) is 1.67. The van der Waals surface area contributed by atoms with Gasteiger partial charge < -0.3 is 14.8 Å². The van der Waals surface area contributed by atoms with Crippen LogP contribution in [-0.2, 0) is 11.3 Å². The van der Waals surface area contributed by atoms with Crippen LogP contribution in [0.4, 0.5) is 5.95 Å². The van der Waals surface area contributed by atoms with Gasteiger partial charge in [0.2, 0.25) is 11.8 Å². The first-order valence-electron chi connectivity index (χ1n) is 6.64. The summed E-state index contributed by atoms with van der Waals surface area (Å²) in [6, 6.07) is 9.48. The number of methoxy groups -OCH3 is 1. The van der Waals surface area contributed by atoms with Gasteiger partial charge in [0.05, 0.1) is 6.61 Å². The van der Waals surface area contributed by atoms with Crippen LogP contribution < -0.4 is 10.1 Å². The Kier molecular flexibility index (Phi) is 5.32. The van der Waals surface area contributed by atoms with Gasteiger partial charge in [-0.15, -0.1) is 0 Å². The summed E-state index contributed by atoms with van der Waals surface area (Å²) in [5, 5.41) is 3.13. The predicted octanol–water partition coefficient (Wildman–Crippen LogP) is 3.24. The van der Waals surface area contributed by atoms with Crippen LogP contribution in [0.5, 0.6) is 11.6 Å². The van der Waals surface area contributed by atoms with Gasteiger partial charge in [0.1, 0.15) is 5.75 Å². The van der Waals surface area contributed by atoms with Crippen LogP contribution in [-0.4, -0.2) is 23.6 Å². The van der Waals surface area contributed by atoms with Crippen molar-refractivity contribution < 1.29 is 9.47 Å². The van der Waals surface area contributed by atoms with Crippen molar-refractivity contribution in [3.63, 3.8) is 0 Å². The molecule has 0 aliphatic heterocycles. The molecule has 0 aliphatic rings. The van der Waals surface area contributed by atoms with Crippen molar-refractivity contribution >= 4 is 5.95 Å². The molecule has 2 aromatic rings. The van der Waals surface area contributed by atoms with Gasteiger partial charge in [-0.1, -0.05) is 19.1 Å². The fraction of sp³-hybridized carbons (Fsp3) is 0.333. The van der Waals surface area contributed by atoms with Gasteiger partial charge in [-0.2, -0.15) is 4.98 Å². The third-order valence-electron chi connectivity index (χ3n) is 2.60. The lowest BCUT2D eigenvalue weighted by molar-refractivity contribution is 0.184. The molecule has 2 rings (SSSR count). The molecule has 106 valence electrons. The lowest BCUT2D eigenvalue weighted by Crippen LogP contribution is -2.04. The van der Waals surface area contributed by atoms with Gasteiger partial charge in [0, 0.05) is 25.9 Å². The first kappa shape index (κ1) is 14.3. The molecule has 1 heterocycles. The van der Waals surface area contributed by atoms with Crippen molar-refractivity contribution in [3.8, 4) is 11.6 Å². The number of anilines is 1. The number of hydrogen-bond acceptors (Lipinski definition) is 5. The van der Waals surface area contributed by atoms with Gasteiger partial charge in [0.25, 0.3) is 0 Å². The zero-order valence-electron chi connectivity index (χ0n) is 11.8. The van der Waals surface area contributed by atoms with Crippen LogP contribution in [0.1, 0.15) is 18.9 Å². The lowest BCUT2D eigenvalue weighted by Gasteiger charge is -2.08. The molecule has 0 saturated heterocycles. The maximum absolute atomic E-state index is 5.74. The highest BCUT2D eigenvalue weighted by atomic mass is 16.5. The quantitative estimate of drug-likeness (QED) is 0.839. The highest BCUT2D eigenvalue weighted by Gasteiger charge is 2.02. The molecule has 5 heteroatoms. The fourth-order valence-electron chi connectivity index (χ4n) is 1.71. The first-order valence-corrected chi connectivity index (χ1v) is 6.64. The van der Waals surface area contributed by atoms with Gasteiger partial charge in [0.15, 0.2) is 0 Å². The molecule has 0 fully saturated rings. The number of aromatic nitrogens is 2. The van der Waals surface area contributed by atoms with E-state index in [1.54, 1.807) is 19.4 Å². The highest BCUT2D eigenvalue weighted by molar-refractivity contribution is 5.33. The van der Waals surface area contributed by atoms with Crippen LogP contribution in [0.25, 0.3) is 0 Å². The molecular weight excluding hydrogens is 254 g/mol. The van der Waals surface area contributed by atoms with E-state index >= 15 is 0 Å². The normalized spacial score (nSPS) is 10.3. The summed E-state index contributed by atoms with van der Waals surface area (Å²) in [6.07, 6.45) is 2.70. The third kappa shape index (κ3) is 4.20. The topological polar surface area (TPSA) is 56.3 Å². The van der Waals surface area contributed by atoms with Gasteiger partial charge in [-0.25, -0.2) is 4.98 Å². The number of rotatable bonds is 7. The second-order valence-corrected chi connectivity index (χ2v) is 4.33. The Bertz CT molecular complexity index is 546. The standard InChI is InChI=1S/C15H19N3O2/c1-3-8-16-15-17-9-7-14(18-15)20-13-6-4-5-12(10-13)11-19-2/h4-7,9-10H,3,8,11H2,1-2H3,(H,16,17,18). The Labute approximate surface area is 119 Å². The maximum atomic E-state index is 5.74. The number of nitrogens with one attached hydrogen (secondary N) is 1. The summed E-state index contributed by atoms with van der Waals surface area (Å²) in [6.45, 7) is 3.49. The van der Waals surface area contributed by atoms with Crippen molar-refractivity contribution in [3.05, 3.63) is 42.1 Å². The molecule has 1 aromatic carbocycles. The van der Waals surface area contributed by atoms with Crippen molar-refractivity contribution in [1.29, 1.82) is 0 Å². The van der Waals surface area contributed by atoms with E-state index in [1.165, 1.54) is 0 Å². The largest absolute Gasteiger partial charge is 0.439 e. The minimum atomic E-state index is 0.521. The molecule has 0 unspecified atom stereocenters. The Morgan fingerprint density at radius 2 is 2.15 bits per heavy atom. The summed E-state index contributed by atoms with van der Waals surface area (Å²) in [4.78, 5) is 8.45. The Hall–Kier alpha value is -2.14. The average molecular weight is 273 g/mol. The molecule has 0 aliphatic carbocycles. The van der Waals surface area contributed by atoms with E-state index < -0.39 is 0 Å². The second-order valence-electron chi connectivity index (χ2n) is 4.33. The van der Waals surface area contributed by atoms with E-state index in [-0.39, 0.29) is 0 Å². The summed E-state index contributed by atoms with van der Waals surface area (Å²) >= 11 is 0. The van der Waals surface area contributed by atoms with E-state index in [0.29, 0.717) is 18.4 Å². The molecule has 1 N–H and O–H groups in total. The number of nitrogens with zero attached hydrogens (tertiary/aromatic N) is 2. The Balaban J connectivity index is 2.07. The van der Waals surface area contributed by atoms with E-state index in [9.17, 15) is 0 Å². The fourth-order valence-corrected chi connectivity index (χ4v) is 1.71. The highest BCUT2D eigenvalue weighted by Crippen LogP contribution is 2.21. The molecule has 0 atom stereocenters. The van der Waals surface area contributed by atoms with Crippen LogP contribution in [0.2, 0.25) is 0 Å². The second kappa shape index (κ2) is 7.45. The van der Waals surface area contributed by atoms with E-state index in [0.717, 1.165) is 24.3 Å². The molecule has 0 saturated carbocycles. The summed E-state index contributed by atoms with van der Waals surface area (Å²) < 4.78 is 10.8. The SMILES string of the molecule is CCCNc1nccc(Oc2cccc(COC)c2)n1. The molecule has 0 radical (unpaired) electrons. The van der Waals surface area contributed by atoms with Gasteiger partial charge in [-0.3, -0.25) is 0 Å². The first-order chi connectivity index (χ1) is 9.81. The molecule has 0 bridgehead atoms. The third-order valence-corrected chi connectivity index (χ3v) is 2.60. The van der Waals surface area contributed by atoms with Crippen LogP contribution in [0, 0.1) is 0 Å². The smallest absolute Gasteiger partial charge is 0.225 e. The van der Waals surface area contributed by atoms with Gasteiger partial charge >= 0.3 is 0 Å². The van der Waals surface area contributed by atoms with E-state index in [2.05, 4.69) is 22.2 Å². The van der Waals surface area contributed by atoms with Crippen molar-refractivity contribution in [2.75, 3.05) is 19.0 Å². The van der Waals surface area contributed by atoms with Crippen LogP contribution in [0.15, 0.2) is 36.5 Å². The molecule has 0 spiro atoms. The predicted molar refractivity (Wildman–Crippen MR) is 78.0 cm³/mol. The zero-order valence-corrected chi connectivity index (χ0v) is 11.8. The minimum absolute atomic E-state index is 0.521. The van der Waals surface area contributed by atoms with Crippen LogP contribution >= 0.6 is 0 Å². The monoisotopic (exact) mass is 273 g/mol. The average Bonchev–Trinajstić information content (AvgIpc) is 2.46. The maximum Gasteiger partial charge on any atom is 0.225 e. The molecular formula is C15H19N3O2. The lowest BCUT2D eigenvalue weighted by atomic mass is 10.2. The zero-order chi connectivity index (χ0) is 14.2. The Morgan fingerprint density at radius 3 is 2.95 bits per heavy atom. The Morgan fingerprint density at radius 1 is 1.25 bits per heavy atom. The number of benzene rings is 1. The van der Waals surface area contributed by atoms with Crippen molar-refractivity contribution in [1.82, 2.24) is 9.97 Å². The summed E-state index contributed by atoms with van der Waals surface area (Å²) in [5.74, 6) is 1.84. The van der Waals surface area contributed by atoms with E-state index in [4.69, 9.17) is 9.47 Å². The molecule has 0 amide bonds. The van der Waals surface area contributed by atoms with Crippen LogP contribution in [0.3, 0.4) is 0 Å². The van der Waals surface area contributed by atoms with Gasteiger partial charge in [-0.05, 0) is 24.1 Å². The molecule has 5 nitrogen and oxygen atoms in total. The van der Waals surface area contributed by atoms with Crippen molar-refractivity contribution in [2.24, 2.45) is 0 Å². The number of hydrogen-bond donors (Lipinski definition) is 1. The minimum Gasteiger partial charge on any atom is -0.439 e. The van der Waals surface area contributed by atoms with Crippen molar-refractivity contribution in [2.45, 2.75) is 20.0 Å². The summed E-state index contributed by atoms with van der Waals surface area (Å²) in [5.41, 5.74) is 1.06. The van der Waals surface area contributed by atoms with E-state index in [1.807, 2.05) is 24.3 Å². The molecule has 1 aromatic heterocycles. The number of ether oxygens (including phenoxy) is 2. The molecule has 20 heavy (non-hydrogen) atoms.